The van der Waals surface area contributed by atoms with Crippen LogP contribution < -0.4 is 0 Å². The highest BCUT2D eigenvalue weighted by molar-refractivity contribution is 7.10. The normalized spacial score (nSPS) is 13.3. The van der Waals surface area contributed by atoms with Gasteiger partial charge in [0.1, 0.15) is 5.56 Å². The molecule has 0 saturated heterocycles. The fourth-order valence-electron chi connectivity index (χ4n) is 3.08. The zero-order chi connectivity index (χ0) is 18.8. The van der Waals surface area contributed by atoms with Gasteiger partial charge in [-0.1, -0.05) is 6.07 Å². The van der Waals surface area contributed by atoms with E-state index in [1.54, 1.807) is 40.1 Å². The van der Waals surface area contributed by atoms with Gasteiger partial charge in [0.15, 0.2) is 12.4 Å². The Morgan fingerprint density at radius 1 is 1.30 bits per heavy atom. The van der Waals surface area contributed by atoms with Gasteiger partial charge in [-0.05, 0) is 42.5 Å². The minimum absolute atomic E-state index is 0.185. The second kappa shape index (κ2) is 7.32. The van der Waals surface area contributed by atoms with E-state index in [1.165, 1.54) is 16.6 Å². The van der Waals surface area contributed by atoms with E-state index in [-0.39, 0.29) is 12.5 Å². The molecular weight excluding hydrogens is 364 g/mol. The minimum atomic E-state index is -0.559. The molecule has 138 valence electrons. The largest absolute Gasteiger partial charge is 0.452 e. The molecule has 4 heterocycles. The van der Waals surface area contributed by atoms with Crippen molar-refractivity contribution in [2.45, 2.75) is 19.9 Å². The summed E-state index contributed by atoms with van der Waals surface area (Å²) in [6, 6.07) is 7.49. The lowest BCUT2D eigenvalue weighted by Gasteiger charge is -2.26. The summed E-state index contributed by atoms with van der Waals surface area (Å²) in [6.07, 6.45) is 3.95. The van der Waals surface area contributed by atoms with Gasteiger partial charge in [-0.2, -0.15) is 5.10 Å². The number of fused-ring (bicyclic) bond motifs is 1. The molecule has 0 fully saturated rings. The van der Waals surface area contributed by atoms with Gasteiger partial charge in [0.05, 0.1) is 11.9 Å². The van der Waals surface area contributed by atoms with Crippen LogP contribution in [0.5, 0.6) is 0 Å². The molecule has 0 radical (unpaired) electrons. The van der Waals surface area contributed by atoms with Crippen LogP contribution in [0.15, 0.2) is 42.0 Å². The fourth-order valence-corrected chi connectivity index (χ4v) is 3.97. The predicted molar refractivity (Wildman–Crippen MR) is 99.8 cm³/mol. The summed E-state index contributed by atoms with van der Waals surface area (Å²) >= 11 is 1.72. The second-order valence-corrected chi connectivity index (χ2v) is 7.25. The van der Waals surface area contributed by atoms with Crippen LogP contribution in [-0.4, -0.2) is 44.7 Å². The molecule has 1 aliphatic rings. The van der Waals surface area contributed by atoms with Crippen molar-refractivity contribution in [2.24, 2.45) is 0 Å². The first-order chi connectivity index (χ1) is 13.1. The summed E-state index contributed by atoms with van der Waals surface area (Å²) in [6.45, 7) is 2.72. The summed E-state index contributed by atoms with van der Waals surface area (Å²) in [4.78, 5) is 32.1. The van der Waals surface area contributed by atoms with E-state index in [4.69, 9.17) is 4.74 Å². The Kier molecular flexibility index (Phi) is 4.72. The van der Waals surface area contributed by atoms with Crippen molar-refractivity contribution in [1.82, 2.24) is 19.7 Å². The molecule has 0 aliphatic carbocycles. The highest BCUT2D eigenvalue weighted by Gasteiger charge is 2.23. The van der Waals surface area contributed by atoms with Gasteiger partial charge in [-0.25, -0.2) is 14.5 Å². The highest BCUT2D eigenvalue weighted by Crippen LogP contribution is 2.24. The summed E-state index contributed by atoms with van der Waals surface area (Å²) in [5, 5.41) is 6.24. The summed E-state index contributed by atoms with van der Waals surface area (Å²) in [5.41, 5.74) is 2.12. The van der Waals surface area contributed by atoms with Crippen molar-refractivity contribution < 1.29 is 14.3 Å². The Hall–Kier alpha value is -3.00. The van der Waals surface area contributed by atoms with Crippen molar-refractivity contribution in [2.75, 3.05) is 13.2 Å². The molecule has 4 rings (SSSR count). The third-order valence-electron chi connectivity index (χ3n) is 4.58. The second-order valence-electron chi connectivity index (χ2n) is 6.25. The molecule has 0 spiro atoms. The summed E-state index contributed by atoms with van der Waals surface area (Å²) < 4.78 is 6.81. The number of aromatic nitrogens is 3. The van der Waals surface area contributed by atoms with Gasteiger partial charge in [0.25, 0.3) is 5.91 Å². The molecule has 0 bridgehead atoms. The van der Waals surface area contributed by atoms with Crippen LogP contribution >= 0.6 is 11.3 Å². The van der Waals surface area contributed by atoms with Crippen LogP contribution in [0.2, 0.25) is 0 Å². The smallest absolute Gasteiger partial charge is 0.342 e. The maximum Gasteiger partial charge on any atom is 0.342 e. The lowest BCUT2D eigenvalue weighted by atomic mass is 10.1. The maximum absolute atomic E-state index is 12.4. The van der Waals surface area contributed by atoms with E-state index < -0.39 is 5.97 Å². The van der Waals surface area contributed by atoms with Crippen LogP contribution in [0.3, 0.4) is 0 Å². The average Bonchev–Trinajstić information content (AvgIpc) is 3.32. The lowest BCUT2D eigenvalue weighted by Crippen LogP contribution is -2.38. The molecule has 0 saturated carbocycles. The van der Waals surface area contributed by atoms with Gasteiger partial charge < -0.3 is 9.64 Å². The molecule has 27 heavy (non-hydrogen) atoms. The number of hydrogen-bond donors (Lipinski definition) is 0. The highest BCUT2D eigenvalue weighted by atomic mass is 32.1. The third kappa shape index (κ3) is 3.48. The van der Waals surface area contributed by atoms with Crippen LogP contribution in [0.25, 0.3) is 5.82 Å². The molecule has 7 nitrogen and oxygen atoms in total. The number of carbonyl (C=O) groups excluding carboxylic acids is 2. The van der Waals surface area contributed by atoms with E-state index in [2.05, 4.69) is 10.1 Å². The van der Waals surface area contributed by atoms with Gasteiger partial charge in [0.2, 0.25) is 0 Å². The summed E-state index contributed by atoms with van der Waals surface area (Å²) in [7, 11) is 0. The zero-order valence-electron chi connectivity index (χ0n) is 14.8. The number of rotatable bonds is 4. The molecular formula is C19H18N4O3S. The monoisotopic (exact) mass is 382 g/mol. The Morgan fingerprint density at radius 2 is 2.19 bits per heavy atom. The van der Waals surface area contributed by atoms with Crippen molar-refractivity contribution in [3.8, 4) is 5.82 Å². The number of thiophene rings is 1. The van der Waals surface area contributed by atoms with Crippen molar-refractivity contribution in [3.63, 3.8) is 0 Å². The van der Waals surface area contributed by atoms with E-state index in [1.807, 2.05) is 23.6 Å². The fraction of sp³-hybridized carbons (Fsp3) is 0.263. The van der Waals surface area contributed by atoms with Crippen LogP contribution in [0.1, 0.15) is 26.5 Å². The molecule has 0 atom stereocenters. The number of carbonyl (C=O) groups is 2. The Morgan fingerprint density at radius 3 is 3.00 bits per heavy atom. The van der Waals surface area contributed by atoms with Crippen molar-refractivity contribution in [3.05, 3.63) is 63.7 Å². The Balaban J connectivity index is 1.39. The van der Waals surface area contributed by atoms with E-state index in [0.717, 1.165) is 6.42 Å². The number of amides is 1. The van der Waals surface area contributed by atoms with E-state index in [9.17, 15) is 9.59 Å². The molecule has 0 unspecified atom stereocenters. The van der Waals surface area contributed by atoms with Gasteiger partial charge in [-0.15, -0.1) is 11.3 Å². The first kappa shape index (κ1) is 17.4. The molecule has 3 aromatic heterocycles. The van der Waals surface area contributed by atoms with E-state index >= 15 is 0 Å². The Bertz CT molecular complexity index is 980. The quantitative estimate of drug-likeness (QED) is 0.648. The zero-order valence-corrected chi connectivity index (χ0v) is 15.6. The number of pyridine rings is 1. The molecule has 8 heteroatoms. The molecule has 3 aromatic rings. The lowest BCUT2D eigenvalue weighted by molar-refractivity contribution is -0.135. The number of esters is 1. The molecule has 0 aromatic carbocycles. The third-order valence-corrected chi connectivity index (χ3v) is 5.61. The minimum Gasteiger partial charge on any atom is -0.452 e. The van der Waals surface area contributed by atoms with E-state index in [0.29, 0.717) is 30.2 Å². The van der Waals surface area contributed by atoms with Crippen LogP contribution in [-0.2, 0) is 22.5 Å². The van der Waals surface area contributed by atoms with Crippen LogP contribution in [0.4, 0.5) is 0 Å². The molecule has 0 N–H and O–H groups in total. The van der Waals surface area contributed by atoms with Gasteiger partial charge >= 0.3 is 5.97 Å². The number of ether oxygens (including phenoxy) is 1. The van der Waals surface area contributed by atoms with Gasteiger partial charge in [0, 0.05) is 24.2 Å². The first-order valence-electron chi connectivity index (χ1n) is 8.59. The van der Waals surface area contributed by atoms with Gasteiger partial charge in [-0.3, -0.25) is 4.79 Å². The molecule has 1 amide bonds. The SMILES string of the molecule is Cc1c(C(=O)OCC(=O)N2CCc3sccc3C2)cnn1-c1ccccn1. The Labute approximate surface area is 160 Å². The van der Waals surface area contributed by atoms with Crippen LogP contribution in [0, 0.1) is 6.92 Å². The van der Waals surface area contributed by atoms with Crippen molar-refractivity contribution in [1.29, 1.82) is 0 Å². The topological polar surface area (TPSA) is 77.3 Å². The first-order valence-corrected chi connectivity index (χ1v) is 9.47. The standard InChI is InChI=1S/C19H18N4O3S/c1-13-15(10-21-23(13)17-4-2-3-7-20-17)19(25)26-12-18(24)22-8-5-16-14(11-22)6-9-27-16/h2-4,6-7,9-10H,5,8,11-12H2,1H3. The van der Waals surface area contributed by atoms with Crippen molar-refractivity contribution >= 4 is 23.2 Å². The number of hydrogen-bond acceptors (Lipinski definition) is 6. The number of nitrogens with zero attached hydrogens (tertiary/aromatic N) is 4. The molecule has 1 aliphatic heterocycles. The predicted octanol–water partition coefficient (Wildman–Crippen LogP) is 2.38. The summed E-state index contributed by atoms with van der Waals surface area (Å²) in [5.74, 6) is -0.128. The average molecular weight is 382 g/mol. The maximum atomic E-state index is 12.4.